The van der Waals surface area contributed by atoms with Gasteiger partial charge in [-0.1, -0.05) is 20.3 Å². The molecule has 0 aromatic rings. The van der Waals surface area contributed by atoms with Crippen molar-refractivity contribution in [2.75, 3.05) is 13.2 Å². The average Bonchev–Trinajstić information content (AvgIpc) is 1.88. The summed E-state index contributed by atoms with van der Waals surface area (Å²) in [6, 6.07) is 0.319. The van der Waals surface area contributed by atoms with Crippen LogP contribution < -0.4 is 5.32 Å². The van der Waals surface area contributed by atoms with E-state index in [0.29, 0.717) is 6.04 Å². The summed E-state index contributed by atoms with van der Waals surface area (Å²) in [6.07, 6.45) is 2.21. The van der Waals surface area contributed by atoms with Crippen molar-refractivity contribution in [1.82, 2.24) is 5.32 Å². The molecule has 9 heavy (non-hydrogen) atoms. The second-order valence-corrected chi connectivity index (χ2v) is 2.23. The Hall–Kier alpha value is -0.0800. The van der Waals surface area contributed by atoms with Gasteiger partial charge in [-0.2, -0.15) is 0 Å². The summed E-state index contributed by atoms with van der Waals surface area (Å²) in [5.41, 5.74) is 0. The fraction of sp³-hybridized carbons (Fsp3) is 1.00. The lowest BCUT2D eigenvalue weighted by atomic mass is 10.2. The molecule has 0 rings (SSSR count). The van der Waals surface area contributed by atoms with Gasteiger partial charge in [0.25, 0.3) is 0 Å². The van der Waals surface area contributed by atoms with Crippen molar-refractivity contribution in [2.24, 2.45) is 0 Å². The molecule has 0 heterocycles. The second kappa shape index (κ2) is 6.05. The van der Waals surface area contributed by atoms with Crippen LogP contribution in [0.1, 0.15) is 26.7 Å². The van der Waals surface area contributed by atoms with Crippen LogP contribution >= 0.6 is 0 Å². The van der Waals surface area contributed by atoms with Crippen molar-refractivity contribution in [2.45, 2.75) is 32.7 Å². The zero-order valence-electron chi connectivity index (χ0n) is 6.35. The van der Waals surface area contributed by atoms with Crippen LogP contribution in [0.15, 0.2) is 0 Å². The Morgan fingerprint density at radius 2 is 2.11 bits per heavy atom. The minimum atomic E-state index is 0.266. The molecule has 0 spiro atoms. The molecular weight excluding hydrogens is 114 g/mol. The van der Waals surface area contributed by atoms with Gasteiger partial charge in [0.15, 0.2) is 0 Å². The molecule has 0 bridgehead atoms. The normalized spacial score (nSPS) is 13.7. The molecule has 0 aliphatic rings. The molecule has 0 aliphatic carbocycles. The molecule has 0 saturated carbocycles. The fourth-order valence-corrected chi connectivity index (χ4v) is 0.895. The third-order valence-electron chi connectivity index (χ3n) is 1.35. The van der Waals surface area contributed by atoms with Gasteiger partial charge in [-0.25, -0.2) is 0 Å². The van der Waals surface area contributed by atoms with Gasteiger partial charge in [-0.3, -0.25) is 0 Å². The summed E-state index contributed by atoms with van der Waals surface area (Å²) in [6.45, 7) is 5.39. The van der Waals surface area contributed by atoms with E-state index in [2.05, 4.69) is 19.2 Å². The topological polar surface area (TPSA) is 32.3 Å². The lowest BCUT2D eigenvalue weighted by molar-refractivity contribution is 0.237. The summed E-state index contributed by atoms with van der Waals surface area (Å²) >= 11 is 0. The van der Waals surface area contributed by atoms with Crippen LogP contribution in [0.5, 0.6) is 0 Å². The number of aliphatic hydroxyl groups is 1. The number of likely N-dealkylation sites (N-methyl/N-ethyl adjacent to an activating group) is 1. The monoisotopic (exact) mass is 131 g/mol. The van der Waals surface area contributed by atoms with Crippen molar-refractivity contribution >= 4 is 0 Å². The van der Waals surface area contributed by atoms with Crippen molar-refractivity contribution in [3.05, 3.63) is 0 Å². The molecule has 0 aromatic carbocycles. The third-order valence-corrected chi connectivity index (χ3v) is 1.35. The first kappa shape index (κ1) is 8.92. The van der Waals surface area contributed by atoms with E-state index in [1.807, 2.05) is 0 Å². The Morgan fingerprint density at radius 1 is 1.44 bits per heavy atom. The number of hydrogen-bond acceptors (Lipinski definition) is 2. The Bertz CT molecular complexity index is 50.9. The maximum atomic E-state index is 8.73. The van der Waals surface area contributed by atoms with Crippen LogP contribution in [0.2, 0.25) is 0 Å². The molecule has 0 amide bonds. The van der Waals surface area contributed by atoms with Crippen LogP contribution in [0.3, 0.4) is 0 Å². The third kappa shape index (κ3) is 4.43. The molecule has 0 saturated heterocycles. The molecule has 0 aliphatic heterocycles. The highest BCUT2D eigenvalue weighted by Crippen LogP contribution is 1.93. The minimum absolute atomic E-state index is 0.266. The minimum Gasteiger partial charge on any atom is -0.395 e. The van der Waals surface area contributed by atoms with Crippen LogP contribution in [0.4, 0.5) is 0 Å². The van der Waals surface area contributed by atoms with E-state index in [-0.39, 0.29) is 6.61 Å². The average molecular weight is 131 g/mol. The SMILES string of the molecule is CCC[C@@H](CO)NCC. The zero-order valence-corrected chi connectivity index (χ0v) is 6.35. The predicted octanol–water partition coefficient (Wildman–Crippen LogP) is 0.757. The Labute approximate surface area is 57.3 Å². The number of nitrogens with one attached hydrogen (secondary N) is 1. The maximum absolute atomic E-state index is 8.73. The van der Waals surface area contributed by atoms with Gasteiger partial charge in [-0.15, -0.1) is 0 Å². The van der Waals surface area contributed by atoms with Gasteiger partial charge in [0.1, 0.15) is 0 Å². The van der Waals surface area contributed by atoms with Gasteiger partial charge in [0.05, 0.1) is 6.61 Å². The number of rotatable bonds is 5. The lowest BCUT2D eigenvalue weighted by Crippen LogP contribution is -2.31. The number of aliphatic hydroxyl groups excluding tert-OH is 1. The van der Waals surface area contributed by atoms with Crippen molar-refractivity contribution in [1.29, 1.82) is 0 Å². The fourth-order valence-electron chi connectivity index (χ4n) is 0.895. The Balaban J connectivity index is 3.18. The summed E-state index contributed by atoms with van der Waals surface area (Å²) in [4.78, 5) is 0. The van der Waals surface area contributed by atoms with E-state index in [0.717, 1.165) is 19.4 Å². The first-order chi connectivity index (χ1) is 4.35. The van der Waals surface area contributed by atoms with Crippen LogP contribution in [-0.4, -0.2) is 24.3 Å². The van der Waals surface area contributed by atoms with Gasteiger partial charge in [-0.05, 0) is 13.0 Å². The van der Waals surface area contributed by atoms with Gasteiger partial charge >= 0.3 is 0 Å². The van der Waals surface area contributed by atoms with E-state index in [4.69, 9.17) is 5.11 Å². The molecule has 0 radical (unpaired) electrons. The summed E-state index contributed by atoms with van der Waals surface area (Å²) in [5, 5.41) is 11.9. The van der Waals surface area contributed by atoms with Crippen LogP contribution in [0, 0.1) is 0 Å². The molecule has 1 atom stereocenters. The van der Waals surface area contributed by atoms with E-state index in [1.165, 1.54) is 0 Å². The molecule has 0 aromatic heterocycles. The van der Waals surface area contributed by atoms with E-state index in [1.54, 1.807) is 0 Å². The number of hydrogen-bond donors (Lipinski definition) is 2. The molecule has 2 heteroatoms. The van der Waals surface area contributed by atoms with Crippen LogP contribution in [-0.2, 0) is 0 Å². The highest BCUT2D eigenvalue weighted by atomic mass is 16.3. The summed E-state index contributed by atoms with van der Waals surface area (Å²) < 4.78 is 0. The molecule has 0 fully saturated rings. The standard InChI is InChI=1S/C7H17NO/c1-3-5-7(6-9)8-4-2/h7-9H,3-6H2,1-2H3/t7-/m0/s1. The van der Waals surface area contributed by atoms with Gasteiger partial charge in [0, 0.05) is 6.04 Å². The van der Waals surface area contributed by atoms with Gasteiger partial charge in [0.2, 0.25) is 0 Å². The Morgan fingerprint density at radius 3 is 2.44 bits per heavy atom. The predicted molar refractivity (Wildman–Crippen MR) is 39.5 cm³/mol. The smallest absolute Gasteiger partial charge is 0.0584 e. The second-order valence-electron chi connectivity index (χ2n) is 2.23. The Kier molecular flexibility index (Phi) is 5.99. The lowest BCUT2D eigenvalue weighted by Gasteiger charge is -2.12. The maximum Gasteiger partial charge on any atom is 0.0584 e. The van der Waals surface area contributed by atoms with Crippen molar-refractivity contribution in [3.63, 3.8) is 0 Å². The van der Waals surface area contributed by atoms with Crippen LogP contribution in [0.25, 0.3) is 0 Å². The van der Waals surface area contributed by atoms with Crippen molar-refractivity contribution < 1.29 is 5.11 Å². The first-order valence-electron chi connectivity index (χ1n) is 3.69. The van der Waals surface area contributed by atoms with E-state index < -0.39 is 0 Å². The molecule has 56 valence electrons. The first-order valence-corrected chi connectivity index (χ1v) is 3.69. The quantitative estimate of drug-likeness (QED) is 0.577. The van der Waals surface area contributed by atoms with E-state index in [9.17, 15) is 0 Å². The zero-order chi connectivity index (χ0) is 7.11. The highest BCUT2D eigenvalue weighted by molar-refractivity contribution is 4.61. The van der Waals surface area contributed by atoms with Gasteiger partial charge < -0.3 is 10.4 Å². The summed E-state index contributed by atoms with van der Waals surface area (Å²) in [7, 11) is 0. The van der Waals surface area contributed by atoms with Crippen molar-refractivity contribution in [3.8, 4) is 0 Å². The highest BCUT2D eigenvalue weighted by Gasteiger charge is 2.01. The van der Waals surface area contributed by atoms with E-state index >= 15 is 0 Å². The molecule has 2 nitrogen and oxygen atoms in total. The molecule has 0 unspecified atom stereocenters. The molecule has 2 N–H and O–H groups in total. The molecular formula is C7H17NO. The largest absolute Gasteiger partial charge is 0.395 e. The summed E-state index contributed by atoms with van der Waals surface area (Å²) in [5.74, 6) is 0.